The molecular weight excluding hydrogens is 264 g/mol. The molecule has 1 aliphatic heterocycles. The fraction of sp³-hybridized carbons (Fsp3) is 0.308. The van der Waals surface area contributed by atoms with E-state index in [1.165, 1.54) is 4.31 Å². The Labute approximate surface area is 111 Å². The van der Waals surface area contributed by atoms with Gasteiger partial charge in [-0.3, -0.25) is 4.98 Å². The molecule has 0 bridgehead atoms. The van der Waals surface area contributed by atoms with Crippen LogP contribution in [-0.2, 0) is 10.0 Å². The van der Waals surface area contributed by atoms with Gasteiger partial charge in [0.05, 0.1) is 16.5 Å². The van der Waals surface area contributed by atoms with Crippen LogP contribution < -0.4 is 0 Å². The summed E-state index contributed by atoms with van der Waals surface area (Å²) in [7, 11) is -3.56. The molecule has 0 amide bonds. The lowest BCUT2D eigenvalue weighted by atomic mass is 10.2. The zero-order valence-corrected chi connectivity index (χ0v) is 11.0. The van der Waals surface area contributed by atoms with Crippen LogP contribution in [0, 0.1) is 0 Å². The topological polar surface area (TPSA) is 70.5 Å². The van der Waals surface area contributed by atoms with Gasteiger partial charge in [-0.15, -0.1) is 0 Å². The molecule has 0 saturated carbocycles. The monoisotopic (exact) mass is 278 g/mol. The van der Waals surface area contributed by atoms with Crippen molar-refractivity contribution in [2.75, 3.05) is 13.1 Å². The summed E-state index contributed by atoms with van der Waals surface area (Å²) in [4.78, 5) is 4.42. The van der Waals surface area contributed by atoms with E-state index in [-0.39, 0.29) is 11.4 Å². The lowest BCUT2D eigenvalue weighted by molar-refractivity contribution is 0.189. The summed E-state index contributed by atoms with van der Waals surface area (Å²) < 4.78 is 26.5. The van der Waals surface area contributed by atoms with Crippen molar-refractivity contribution in [2.24, 2.45) is 0 Å². The Kier molecular flexibility index (Phi) is 3.00. The SMILES string of the molecule is O=S(=O)(c1cccc2ncccc12)N1CC[C@H](O)C1. The standard InChI is InChI=1S/C13H14N2O3S/c16-10-6-8-15(9-10)19(17,18)13-5-1-4-12-11(13)3-2-7-14-12/h1-5,7,10,16H,6,8-9H2/t10-/m0/s1. The third-order valence-corrected chi connectivity index (χ3v) is 5.27. The van der Waals surface area contributed by atoms with Crippen molar-refractivity contribution in [3.8, 4) is 0 Å². The minimum Gasteiger partial charge on any atom is -0.392 e. The Morgan fingerprint density at radius 1 is 1.26 bits per heavy atom. The second-order valence-corrected chi connectivity index (χ2v) is 6.54. The molecule has 1 saturated heterocycles. The number of hydrogen-bond donors (Lipinski definition) is 1. The maximum atomic E-state index is 12.6. The normalized spacial score (nSPS) is 21.0. The number of hydrogen-bond acceptors (Lipinski definition) is 4. The third-order valence-electron chi connectivity index (χ3n) is 3.35. The molecule has 1 atom stereocenters. The summed E-state index contributed by atoms with van der Waals surface area (Å²) in [5.74, 6) is 0. The minimum absolute atomic E-state index is 0.166. The number of rotatable bonds is 2. The van der Waals surface area contributed by atoms with Gasteiger partial charge >= 0.3 is 0 Å². The average molecular weight is 278 g/mol. The lowest BCUT2D eigenvalue weighted by Crippen LogP contribution is -2.29. The first-order chi connectivity index (χ1) is 9.09. The van der Waals surface area contributed by atoms with E-state index in [9.17, 15) is 13.5 Å². The molecule has 2 heterocycles. The van der Waals surface area contributed by atoms with Crippen LogP contribution in [0.25, 0.3) is 10.9 Å². The van der Waals surface area contributed by atoms with Gasteiger partial charge in [-0.05, 0) is 30.7 Å². The molecule has 2 aromatic rings. The third kappa shape index (κ3) is 2.11. The van der Waals surface area contributed by atoms with Gasteiger partial charge < -0.3 is 5.11 Å². The first kappa shape index (κ1) is 12.5. The Morgan fingerprint density at radius 3 is 2.84 bits per heavy atom. The number of aliphatic hydroxyl groups excluding tert-OH is 1. The van der Waals surface area contributed by atoms with Gasteiger partial charge in [0, 0.05) is 24.7 Å². The summed E-state index contributed by atoms with van der Waals surface area (Å²) in [5, 5.41) is 10.1. The summed E-state index contributed by atoms with van der Waals surface area (Å²) in [6.45, 7) is 0.527. The highest BCUT2D eigenvalue weighted by Crippen LogP contribution is 2.26. The highest BCUT2D eigenvalue weighted by Gasteiger charge is 2.32. The second-order valence-electron chi connectivity index (χ2n) is 4.63. The van der Waals surface area contributed by atoms with Gasteiger partial charge in [0.15, 0.2) is 0 Å². The van der Waals surface area contributed by atoms with Gasteiger partial charge in [0.25, 0.3) is 0 Å². The number of aliphatic hydroxyl groups is 1. The first-order valence-corrected chi connectivity index (χ1v) is 7.55. The van der Waals surface area contributed by atoms with E-state index in [4.69, 9.17) is 0 Å². The zero-order valence-electron chi connectivity index (χ0n) is 10.2. The van der Waals surface area contributed by atoms with Gasteiger partial charge in [-0.1, -0.05) is 6.07 Å². The molecule has 1 N–H and O–H groups in total. The van der Waals surface area contributed by atoms with Crippen molar-refractivity contribution >= 4 is 20.9 Å². The Bertz CT molecular complexity index is 709. The molecule has 1 aromatic heterocycles. The van der Waals surface area contributed by atoms with Crippen molar-refractivity contribution in [3.63, 3.8) is 0 Å². The molecule has 6 heteroatoms. The van der Waals surface area contributed by atoms with Crippen molar-refractivity contribution in [3.05, 3.63) is 36.5 Å². The van der Waals surface area contributed by atoms with Crippen molar-refractivity contribution in [1.82, 2.24) is 9.29 Å². The molecule has 0 radical (unpaired) electrons. The maximum Gasteiger partial charge on any atom is 0.243 e. The molecule has 1 aromatic carbocycles. The van der Waals surface area contributed by atoms with Gasteiger partial charge in [0.2, 0.25) is 10.0 Å². The number of β-amino-alcohol motifs (C(OH)–C–C–N with tert-alkyl or cyclic N) is 1. The fourth-order valence-electron chi connectivity index (χ4n) is 2.37. The quantitative estimate of drug-likeness (QED) is 0.889. The molecular formula is C13H14N2O3S. The van der Waals surface area contributed by atoms with Crippen LogP contribution in [0.4, 0.5) is 0 Å². The largest absolute Gasteiger partial charge is 0.392 e. The predicted octanol–water partition coefficient (Wildman–Crippen LogP) is 0.990. The summed E-state index contributed by atoms with van der Waals surface area (Å²) in [6, 6.07) is 8.54. The van der Waals surface area contributed by atoms with Crippen LogP contribution in [0.3, 0.4) is 0 Å². The fourth-order valence-corrected chi connectivity index (χ4v) is 4.06. The van der Waals surface area contributed by atoms with Gasteiger partial charge in [-0.2, -0.15) is 4.31 Å². The Morgan fingerprint density at radius 2 is 2.11 bits per heavy atom. The van der Waals surface area contributed by atoms with E-state index in [2.05, 4.69) is 4.98 Å². The van der Waals surface area contributed by atoms with E-state index in [1.807, 2.05) is 0 Å². The van der Waals surface area contributed by atoms with Crippen LogP contribution >= 0.6 is 0 Å². The molecule has 0 aliphatic carbocycles. The van der Waals surface area contributed by atoms with Crippen LogP contribution in [0.15, 0.2) is 41.4 Å². The Balaban J connectivity index is 2.14. The van der Waals surface area contributed by atoms with Crippen LogP contribution in [0.2, 0.25) is 0 Å². The summed E-state index contributed by atoms with van der Waals surface area (Å²) in [5.41, 5.74) is 0.656. The van der Waals surface area contributed by atoms with Crippen LogP contribution in [0.5, 0.6) is 0 Å². The molecule has 3 rings (SSSR count). The zero-order chi connectivity index (χ0) is 13.5. The van der Waals surface area contributed by atoms with E-state index in [0.717, 1.165) is 0 Å². The highest BCUT2D eigenvalue weighted by molar-refractivity contribution is 7.89. The summed E-state index contributed by atoms with van der Waals surface area (Å²) >= 11 is 0. The molecule has 100 valence electrons. The van der Waals surface area contributed by atoms with E-state index in [0.29, 0.717) is 23.9 Å². The van der Waals surface area contributed by atoms with E-state index >= 15 is 0 Å². The molecule has 5 nitrogen and oxygen atoms in total. The maximum absolute atomic E-state index is 12.6. The number of pyridine rings is 1. The minimum atomic E-state index is -3.56. The van der Waals surface area contributed by atoms with E-state index in [1.54, 1.807) is 36.5 Å². The lowest BCUT2D eigenvalue weighted by Gasteiger charge is -2.16. The van der Waals surface area contributed by atoms with Gasteiger partial charge in [-0.25, -0.2) is 8.42 Å². The average Bonchev–Trinajstić information content (AvgIpc) is 2.85. The van der Waals surface area contributed by atoms with Crippen LogP contribution in [-0.4, -0.2) is 42.0 Å². The summed E-state index contributed by atoms with van der Waals surface area (Å²) in [6.07, 6.45) is 1.56. The molecule has 1 fully saturated rings. The van der Waals surface area contributed by atoms with Crippen molar-refractivity contribution in [2.45, 2.75) is 17.4 Å². The van der Waals surface area contributed by atoms with Crippen molar-refractivity contribution in [1.29, 1.82) is 0 Å². The second kappa shape index (κ2) is 4.56. The number of sulfonamides is 1. The smallest absolute Gasteiger partial charge is 0.243 e. The predicted molar refractivity (Wildman–Crippen MR) is 71.1 cm³/mol. The van der Waals surface area contributed by atoms with Crippen molar-refractivity contribution < 1.29 is 13.5 Å². The van der Waals surface area contributed by atoms with Gasteiger partial charge in [0.1, 0.15) is 0 Å². The molecule has 19 heavy (non-hydrogen) atoms. The molecule has 1 aliphatic rings. The number of aromatic nitrogens is 1. The first-order valence-electron chi connectivity index (χ1n) is 6.11. The number of benzene rings is 1. The molecule has 0 unspecified atom stereocenters. The van der Waals surface area contributed by atoms with Crippen LogP contribution in [0.1, 0.15) is 6.42 Å². The van der Waals surface area contributed by atoms with E-state index < -0.39 is 16.1 Å². The Hall–Kier alpha value is -1.50. The number of nitrogens with zero attached hydrogens (tertiary/aromatic N) is 2. The molecule has 0 spiro atoms. The number of fused-ring (bicyclic) bond motifs is 1. The highest BCUT2D eigenvalue weighted by atomic mass is 32.2.